The topological polar surface area (TPSA) is 36.9 Å². The summed E-state index contributed by atoms with van der Waals surface area (Å²) in [5.74, 6) is 0. The first-order chi connectivity index (χ1) is 20.2. The van der Waals surface area contributed by atoms with Crippen molar-refractivity contribution in [1.82, 2.24) is 0 Å². The lowest BCUT2D eigenvalue weighted by atomic mass is 9.96. The summed E-state index contributed by atoms with van der Waals surface area (Å²) < 4.78 is 6.31. The highest BCUT2D eigenvalue weighted by atomic mass is 16.3. The highest BCUT2D eigenvalue weighted by Crippen LogP contribution is 2.37. The molecule has 2 nitrogen and oxygen atoms in total. The third-order valence-corrected chi connectivity index (χ3v) is 8.10. The Bertz CT molecular complexity index is 2300. The van der Waals surface area contributed by atoms with Gasteiger partial charge in [-0.2, -0.15) is 5.26 Å². The SMILES string of the molecule is N#Cc1ccc(-c2ccc(-c3ccc4cc(-c5ccc6c(c5)oc5ccc7ccccc7c56)ccc4c3)cc2)cc1. The molecule has 2 heteroatoms. The normalized spacial score (nSPS) is 11.4. The molecule has 0 saturated carbocycles. The molecular formula is C39H23NO. The maximum Gasteiger partial charge on any atom is 0.136 e. The van der Waals surface area contributed by atoms with Gasteiger partial charge in [0.2, 0.25) is 0 Å². The highest BCUT2D eigenvalue weighted by molar-refractivity contribution is 6.19. The van der Waals surface area contributed by atoms with Crippen molar-refractivity contribution in [3.8, 4) is 39.4 Å². The van der Waals surface area contributed by atoms with E-state index >= 15 is 0 Å². The number of benzene rings is 7. The molecule has 0 bridgehead atoms. The Morgan fingerprint density at radius 2 is 0.951 bits per heavy atom. The second kappa shape index (κ2) is 9.23. The van der Waals surface area contributed by atoms with Gasteiger partial charge < -0.3 is 4.42 Å². The van der Waals surface area contributed by atoms with Crippen LogP contribution in [-0.4, -0.2) is 0 Å². The van der Waals surface area contributed by atoms with Gasteiger partial charge in [-0.3, -0.25) is 0 Å². The fraction of sp³-hybridized carbons (Fsp3) is 0. The second-order valence-electron chi connectivity index (χ2n) is 10.5. The lowest BCUT2D eigenvalue weighted by molar-refractivity contribution is 0.669. The molecule has 0 atom stereocenters. The summed E-state index contributed by atoms with van der Waals surface area (Å²) in [6.07, 6.45) is 0. The Hall–Kier alpha value is -5.65. The molecular weight excluding hydrogens is 498 g/mol. The van der Waals surface area contributed by atoms with Crippen LogP contribution in [0.25, 0.3) is 76.9 Å². The van der Waals surface area contributed by atoms with E-state index in [1.54, 1.807) is 0 Å². The first-order valence-corrected chi connectivity index (χ1v) is 13.7. The number of nitrogens with zero attached hydrogens (tertiary/aromatic N) is 1. The predicted molar refractivity (Wildman–Crippen MR) is 170 cm³/mol. The maximum atomic E-state index is 9.05. The zero-order valence-corrected chi connectivity index (χ0v) is 22.1. The molecule has 0 unspecified atom stereocenters. The average Bonchev–Trinajstić information content (AvgIpc) is 3.43. The summed E-state index contributed by atoms with van der Waals surface area (Å²) in [6, 6.07) is 51.0. The van der Waals surface area contributed by atoms with Gasteiger partial charge in [-0.05, 0) is 97.4 Å². The zero-order valence-electron chi connectivity index (χ0n) is 22.1. The molecule has 0 aliphatic rings. The van der Waals surface area contributed by atoms with Crippen LogP contribution < -0.4 is 0 Å². The molecule has 7 aromatic carbocycles. The third kappa shape index (κ3) is 3.95. The molecule has 0 spiro atoms. The number of rotatable bonds is 3. The van der Waals surface area contributed by atoms with Crippen LogP contribution in [0.3, 0.4) is 0 Å². The van der Waals surface area contributed by atoms with Gasteiger partial charge >= 0.3 is 0 Å². The van der Waals surface area contributed by atoms with Crippen LogP contribution in [0.4, 0.5) is 0 Å². The van der Waals surface area contributed by atoms with E-state index in [1.165, 1.54) is 43.6 Å². The Kier molecular flexibility index (Phi) is 5.23. The minimum Gasteiger partial charge on any atom is -0.456 e. The fourth-order valence-corrected chi connectivity index (χ4v) is 5.92. The van der Waals surface area contributed by atoms with Gasteiger partial charge in [-0.15, -0.1) is 0 Å². The standard InChI is InChI=1S/C39H23NO/c40-24-25-5-7-26(8-6-25)27-9-11-28(12-10-27)30-13-14-32-22-33(16-15-31(32)21-30)34-17-19-36-38(23-34)41-37-20-18-29-3-1-2-4-35(29)39(36)37/h1-23H. The summed E-state index contributed by atoms with van der Waals surface area (Å²) >= 11 is 0. The van der Waals surface area contributed by atoms with Gasteiger partial charge in [-0.1, -0.05) is 97.1 Å². The van der Waals surface area contributed by atoms with Crippen LogP contribution >= 0.6 is 0 Å². The van der Waals surface area contributed by atoms with E-state index in [2.05, 4.69) is 121 Å². The van der Waals surface area contributed by atoms with Crippen molar-refractivity contribution < 1.29 is 4.42 Å². The molecule has 0 aliphatic carbocycles. The summed E-state index contributed by atoms with van der Waals surface area (Å²) in [5, 5.41) is 16.2. The molecule has 0 N–H and O–H groups in total. The lowest BCUT2D eigenvalue weighted by Crippen LogP contribution is -1.83. The van der Waals surface area contributed by atoms with Gasteiger partial charge in [0.25, 0.3) is 0 Å². The first-order valence-electron chi connectivity index (χ1n) is 13.7. The van der Waals surface area contributed by atoms with Crippen LogP contribution in [0.1, 0.15) is 5.56 Å². The fourth-order valence-electron chi connectivity index (χ4n) is 5.92. The molecule has 0 amide bonds. The van der Waals surface area contributed by atoms with E-state index in [1.807, 2.05) is 24.3 Å². The molecule has 0 saturated heterocycles. The molecule has 0 radical (unpaired) electrons. The van der Waals surface area contributed by atoms with E-state index in [-0.39, 0.29) is 0 Å². The minimum atomic E-state index is 0.675. The Balaban J connectivity index is 1.12. The monoisotopic (exact) mass is 521 g/mol. The molecule has 8 rings (SSSR count). The Labute approximate surface area is 237 Å². The van der Waals surface area contributed by atoms with Crippen molar-refractivity contribution in [1.29, 1.82) is 5.26 Å². The second-order valence-corrected chi connectivity index (χ2v) is 10.5. The van der Waals surface area contributed by atoms with Crippen molar-refractivity contribution in [3.05, 3.63) is 145 Å². The largest absolute Gasteiger partial charge is 0.456 e. The first kappa shape index (κ1) is 23.3. The molecule has 1 aromatic heterocycles. The predicted octanol–water partition coefficient (Wildman–Crippen LogP) is 10.8. The van der Waals surface area contributed by atoms with Gasteiger partial charge in [0.1, 0.15) is 11.2 Å². The number of fused-ring (bicyclic) bond motifs is 6. The van der Waals surface area contributed by atoms with E-state index in [0.29, 0.717) is 5.56 Å². The lowest BCUT2D eigenvalue weighted by Gasteiger charge is -2.08. The van der Waals surface area contributed by atoms with Crippen LogP contribution in [-0.2, 0) is 0 Å². The van der Waals surface area contributed by atoms with E-state index in [4.69, 9.17) is 9.68 Å². The third-order valence-electron chi connectivity index (χ3n) is 8.10. The van der Waals surface area contributed by atoms with Crippen LogP contribution in [0.5, 0.6) is 0 Å². The molecule has 0 aliphatic heterocycles. The molecule has 8 aromatic rings. The van der Waals surface area contributed by atoms with Crippen LogP contribution in [0.2, 0.25) is 0 Å². The molecule has 0 fully saturated rings. The van der Waals surface area contributed by atoms with Gasteiger partial charge in [0.15, 0.2) is 0 Å². The number of hydrogen-bond acceptors (Lipinski definition) is 2. The Morgan fingerprint density at radius 1 is 0.415 bits per heavy atom. The summed E-state index contributed by atoms with van der Waals surface area (Å²) in [4.78, 5) is 0. The summed E-state index contributed by atoms with van der Waals surface area (Å²) in [6.45, 7) is 0. The smallest absolute Gasteiger partial charge is 0.136 e. The van der Waals surface area contributed by atoms with E-state index in [0.717, 1.165) is 33.2 Å². The molecule has 41 heavy (non-hydrogen) atoms. The quantitative estimate of drug-likeness (QED) is 0.232. The zero-order chi connectivity index (χ0) is 27.3. The number of hydrogen-bond donors (Lipinski definition) is 0. The van der Waals surface area contributed by atoms with Crippen molar-refractivity contribution >= 4 is 43.5 Å². The van der Waals surface area contributed by atoms with Gasteiger partial charge in [0.05, 0.1) is 11.6 Å². The van der Waals surface area contributed by atoms with Gasteiger partial charge in [-0.25, -0.2) is 0 Å². The highest BCUT2D eigenvalue weighted by Gasteiger charge is 2.12. The van der Waals surface area contributed by atoms with Crippen molar-refractivity contribution in [2.24, 2.45) is 0 Å². The maximum absolute atomic E-state index is 9.05. The van der Waals surface area contributed by atoms with Crippen molar-refractivity contribution in [3.63, 3.8) is 0 Å². The minimum absolute atomic E-state index is 0.675. The average molecular weight is 522 g/mol. The summed E-state index contributed by atoms with van der Waals surface area (Å²) in [7, 11) is 0. The van der Waals surface area contributed by atoms with E-state index < -0.39 is 0 Å². The molecule has 1 heterocycles. The number of furan rings is 1. The Morgan fingerprint density at radius 3 is 1.66 bits per heavy atom. The van der Waals surface area contributed by atoms with Crippen molar-refractivity contribution in [2.75, 3.05) is 0 Å². The molecule has 190 valence electrons. The van der Waals surface area contributed by atoms with E-state index in [9.17, 15) is 0 Å². The van der Waals surface area contributed by atoms with Gasteiger partial charge in [0, 0.05) is 10.8 Å². The number of nitriles is 1. The van der Waals surface area contributed by atoms with Crippen molar-refractivity contribution in [2.45, 2.75) is 0 Å². The van der Waals surface area contributed by atoms with Crippen LogP contribution in [0, 0.1) is 11.3 Å². The van der Waals surface area contributed by atoms with Crippen LogP contribution in [0.15, 0.2) is 144 Å². The summed E-state index contributed by atoms with van der Waals surface area (Å²) in [5.41, 5.74) is 9.43.